The van der Waals surface area contributed by atoms with Gasteiger partial charge in [0.2, 0.25) is 0 Å². The molecular formula is C12H13FO3. The highest BCUT2D eigenvalue weighted by molar-refractivity contribution is 5.89. The summed E-state index contributed by atoms with van der Waals surface area (Å²) in [6, 6.07) is 5.13. The minimum absolute atomic E-state index is 0.0674. The van der Waals surface area contributed by atoms with Crippen molar-refractivity contribution in [3.63, 3.8) is 0 Å². The zero-order valence-corrected chi connectivity index (χ0v) is 9.03. The number of benzene rings is 1. The van der Waals surface area contributed by atoms with E-state index in [1.165, 1.54) is 31.2 Å². The second kappa shape index (κ2) is 6.00. The summed E-state index contributed by atoms with van der Waals surface area (Å²) in [4.78, 5) is 22.0. The molecule has 0 radical (unpaired) electrons. The van der Waals surface area contributed by atoms with Crippen molar-refractivity contribution in [2.75, 3.05) is 6.61 Å². The maximum Gasteiger partial charge on any atom is 0.338 e. The topological polar surface area (TPSA) is 43.4 Å². The van der Waals surface area contributed by atoms with Crippen molar-refractivity contribution in [1.82, 2.24) is 0 Å². The van der Waals surface area contributed by atoms with E-state index in [-0.39, 0.29) is 12.4 Å². The maximum absolute atomic E-state index is 12.6. The van der Waals surface area contributed by atoms with Gasteiger partial charge in [0.15, 0.2) is 0 Å². The van der Waals surface area contributed by atoms with E-state index in [1.54, 1.807) is 0 Å². The van der Waals surface area contributed by atoms with E-state index in [4.69, 9.17) is 4.74 Å². The third-order valence-electron chi connectivity index (χ3n) is 1.99. The van der Waals surface area contributed by atoms with Crippen LogP contribution in [0.1, 0.15) is 30.1 Å². The summed E-state index contributed by atoms with van der Waals surface area (Å²) >= 11 is 0. The predicted octanol–water partition coefficient (Wildman–Crippen LogP) is 2.35. The summed E-state index contributed by atoms with van der Waals surface area (Å²) in [6.45, 7) is 1.69. The van der Waals surface area contributed by atoms with Gasteiger partial charge in [-0.2, -0.15) is 0 Å². The molecule has 0 spiro atoms. The zero-order chi connectivity index (χ0) is 12.0. The molecular weight excluding hydrogens is 211 g/mol. The fourth-order valence-corrected chi connectivity index (χ4v) is 1.16. The number of halogens is 1. The number of carbonyl (C=O) groups is 2. The SMILES string of the molecule is CC(=O)CCCOC(=O)c1ccc(F)cc1. The molecule has 1 aromatic rings. The Kier molecular flexibility index (Phi) is 4.64. The third-order valence-corrected chi connectivity index (χ3v) is 1.99. The van der Waals surface area contributed by atoms with Crippen molar-refractivity contribution in [1.29, 1.82) is 0 Å². The Hall–Kier alpha value is -1.71. The van der Waals surface area contributed by atoms with Crippen LogP contribution in [0.15, 0.2) is 24.3 Å². The average Bonchev–Trinajstić information content (AvgIpc) is 2.25. The Labute approximate surface area is 93.2 Å². The monoisotopic (exact) mass is 224 g/mol. The van der Waals surface area contributed by atoms with Gasteiger partial charge in [0.05, 0.1) is 12.2 Å². The Morgan fingerprint density at radius 3 is 2.44 bits per heavy atom. The first-order valence-corrected chi connectivity index (χ1v) is 5.01. The van der Waals surface area contributed by atoms with Gasteiger partial charge in [0.25, 0.3) is 0 Å². The van der Waals surface area contributed by atoms with Crippen LogP contribution in [0.4, 0.5) is 4.39 Å². The molecule has 0 aliphatic carbocycles. The van der Waals surface area contributed by atoms with Crippen LogP contribution >= 0.6 is 0 Å². The van der Waals surface area contributed by atoms with Gasteiger partial charge in [0.1, 0.15) is 11.6 Å². The van der Waals surface area contributed by atoms with Crippen LogP contribution in [-0.2, 0) is 9.53 Å². The van der Waals surface area contributed by atoms with E-state index in [2.05, 4.69) is 0 Å². The Morgan fingerprint density at radius 2 is 1.88 bits per heavy atom. The van der Waals surface area contributed by atoms with Crippen LogP contribution < -0.4 is 0 Å². The standard InChI is InChI=1S/C12H13FO3/c1-9(14)3-2-8-16-12(15)10-4-6-11(13)7-5-10/h4-7H,2-3,8H2,1H3. The molecule has 0 aromatic heterocycles. The van der Waals surface area contributed by atoms with Gasteiger partial charge in [-0.3, -0.25) is 0 Å². The van der Waals surface area contributed by atoms with Crippen molar-refractivity contribution in [3.05, 3.63) is 35.6 Å². The highest BCUT2D eigenvalue weighted by Gasteiger charge is 2.06. The summed E-state index contributed by atoms with van der Waals surface area (Å²) in [5.41, 5.74) is 0.309. The minimum atomic E-state index is -0.497. The van der Waals surface area contributed by atoms with E-state index >= 15 is 0 Å². The summed E-state index contributed by atoms with van der Waals surface area (Å²) < 4.78 is 17.5. The lowest BCUT2D eigenvalue weighted by Crippen LogP contribution is -2.07. The minimum Gasteiger partial charge on any atom is -0.462 e. The molecule has 0 bridgehead atoms. The number of carbonyl (C=O) groups excluding carboxylic acids is 2. The quantitative estimate of drug-likeness (QED) is 0.569. The van der Waals surface area contributed by atoms with E-state index in [0.29, 0.717) is 18.4 Å². The molecule has 3 nitrogen and oxygen atoms in total. The number of rotatable bonds is 5. The smallest absolute Gasteiger partial charge is 0.338 e. The average molecular weight is 224 g/mol. The van der Waals surface area contributed by atoms with Crippen LogP contribution in [0, 0.1) is 5.82 Å². The van der Waals surface area contributed by atoms with Crippen LogP contribution in [-0.4, -0.2) is 18.4 Å². The van der Waals surface area contributed by atoms with Crippen LogP contribution in [0.25, 0.3) is 0 Å². The van der Waals surface area contributed by atoms with Gasteiger partial charge in [0, 0.05) is 6.42 Å². The largest absolute Gasteiger partial charge is 0.462 e. The van der Waals surface area contributed by atoms with Gasteiger partial charge >= 0.3 is 5.97 Å². The zero-order valence-electron chi connectivity index (χ0n) is 9.03. The molecule has 0 heterocycles. The molecule has 0 amide bonds. The second-order valence-corrected chi connectivity index (χ2v) is 3.45. The number of ketones is 1. The number of hydrogen-bond acceptors (Lipinski definition) is 3. The van der Waals surface area contributed by atoms with Crippen molar-refractivity contribution < 1.29 is 18.7 Å². The highest BCUT2D eigenvalue weighted by Crippen LogP contribution is 2.05. The van der Waals surface area contributed by atoms with Gasteiger partial charge in [-0.25, -0.2) is 9.18 Å². The molecule has 86 valence electrons. The molecule has 0 saturated carbocycles. The number of ether oxygens (including phenoxy) is 1. The molecule has 1 aromatic carbocycles. The van der Waals surface area contributed by atoms with Gasteiger partial charge in [-0.1, -0.05) is 0 Å². The molecule has 4 heteroatoms. The van der Waals surface area contributed by atoms with Crippen molar-refractivity contribution in [2.45, 2.75) is 19.8 Å². The van der Waals surface area contributed by atoms with E-state index in [9.17, 15) is 14.0 Å². The van der Waals surface area contributed by atoms with E-state index < -0.39 is 11.8 Å². The molecule has 0 saturated heterocycles. The lowest BCUT2D eigenvalue weighted by molar-refractivity contribution is -0.117. The Balaban J connectivity index is 2.35. The first-order chi connectivity index (χ1) is 7.59. The summed E-state index contributed by atoms with van der Waals surface area (Å²) in [7, 11) is 0. The van der Waals surface area contributed by atoms with Crippen molar-refractivity contribution in [2.24, 2.45) is 0 Å². The number of esters is 1. The molecule has 0 aliphatic rings. The molecule has 16 heavy (non-hydrogen) atoms. The van der Waals surface area contributed by atoms with Crippen LogP contribution in [0.5, 0.6) is 0 Å². The molecule has 0 N–H and O–H groups in total. The fourth-order valence-electron chi connectivity index (χ4n) is 1.16. The molecule has 0 unspecified atom stereocenters. The van der Waals surface area contributed by atoms with Crippen molar-refractivity contribution >= 4 is 11.8 Å². The lowest BCUT2D eigenvalue weighted by Gasteiger charge is -2.03. The molecule has 0 atom stereocenters. The Bertz CT molecular complexity index is 370. The lowest BCUT2D eigenvalue weighted by atomic mass is 10.2. The second-order valence-electron chi connectivity index (χ2n) is 3.45. The third kappa shape index (κ3) is 4.21. The van der Waals surface area contributed by atoms with Gasteiger partial charge < -0.3 is 9.53 Å². The van der Waals surface area contributed by atoms with Crippen LogP contribution in [0.2, 0.25) is 0 Å². The fraction of sp³-hybridized carbons (Fsp3) is 0.333. The summed E-state index contributed by atoms with van der Waals surface area (Å²) in [5, 5.41) is 0. The first-order valence-electron chi connectivity index (χ1n) is 5.01. The Morgan fingerprint density at radius 1 is 1.25 bits per heavy atom. The van der Waals surface area contributed by atoms with Crippen LogP contribution in [0.3, 0.4) is 0 Å². The molecule has 0 aliphatic heterocycles. The normalized spacial score (nSPS) is 9.88. The first kappa shape index (κ1) is 12.4. The number of Topliss-reactive ketones (excluding diaryl/α,β-unsaturated/α-hetero) is 1. The predicted molar refractivity (Wildman–Crippen MR) is 56.6 cm³/mol. The van der Waals surface area contributed by atoms with E-state index in [1.807, 2.05) is 0 Å². The van der Waals surface area contributed by atoms with Gasteiger partial charge in [-0.15, -0.1) is 0 Å². The van der Waals surface area contributed by atoms with Gasteiger partial charge in [-0.05, 0) is 37.6 Å². The van der Waals surface area contributed by atoms with Crippen molar-refractivity contribution in [3.8, 4) is 0 Å². The summed E-state index contributed by atoms with van der Waals surface area (Å²) in [6.07, 6.45) is 0.916. The molecule has 0 fully saturated rings. The summed E-state index contributed by atoms with van der Waals surface area (Å²) in [5.74, 6) is -0.825. The maximum atomic E-state index is 12.6. The molecule has 1 rings (SSSR count). The van der Waals surface area contributed by atoms with E-state index in [0.717, 1.165) is 0 Å². The highest BCUT2D eigenvalue weighted by atomic mass is 19.1. The number of hydrogen-bond donors (Lipinski definition) is 0.